The Morgan fingerprint density at radius 3 is 2.57 bits per heavy atom. The van der Waals surface area contributed by atoms with Gasteiger partial charge >= 0.3 is 0 Å². The van der Waals surface area contributed by atoms with Crippen LogP contribution in [0.3, 0.4) is 0 Å². The summed E-state index contributed by atoms with van der Waals surface area (Å²) < 4.78 is 1.26. The van der Waals surface area contributed by atoms with Gasteiger partial charge in [-0.15, -0.1) is 0 Å². The van der Waals surface area contributed by atoms with Gasteiger partial charge in [0.25, 0.3) is 5.56 Å². The molecule has 0 atom stereocenters. The van der Waals surface area contributed by atoms with Crippen LogP contribution in [0.25, 0.3) is 5.69 Å². The Labute approximate surface area is 136 Å². The van der Waals surface area contributed by atoms with E-state index < -0.39 is 11.8 Å². The number of aromatic amines is 1. The predicted octanol–water partition coefficient (Wildman–Crippen LogP) is 1.45. The van der Waals surface area contributed by atoms with Crippen LogP contribution in [0.2, 0.25) is 5.02 Å². The number of H-pyrrole nitrogens is 1. The average molecular weight is 335 g/mol. The molecular formula is C15H15ClN4O3. The maximum atomic E-state index is 11.9. The molecule has 23 heavy (non-hydrogen) atoms. The van der Waals surface area contributed by atoms with Crippen LogP contribution < -0.4 is 16.2 Å². The summed E-state index contributed by atoms with van der Waals surface area (Å²) in [7, 11) is 0. The van der Waals surface area contributed by atoms with Crippen molar-refractivity contribution in [2.24, 2.45) is 0 Å². The summed E-state index contributed by atoms with van der Waals surface area (Å²) in [6, 6.07) is 7.87. The number of nitrogens with one attached hydrogen (secondary N) is 3. The molecule has 1 aromatic heterocycles. The molecule has 0 unspecified atom stereocenters. The van der Waals surface area contributed by atoms with Crippen LogP contribution in [0.4, 0.5) is 5.82 Å². The van der Waals surface area contributed by atoms with Crippen molar-refractivity contribution >= 4 is 29.2 Å². The van der Waals surface area contributed by atoms with Crippen LogP contribution in [-0.4, -0.2) is 28.1 Å². The Kier molecular flexibility index (Phi) is 5.02. The van der Waals surface area contributed by atoms with Gasteiger partial charge < -0.3 is 10.6 Å². The van der Waals surface area contributed by atoms with E-state index >= 15 is 0 Å². The molecule has 0 aliphatic heterocycles. The molecule has 7 nitrogen and oxygen atoms in total. The van der Waals surface area contributed by atoms with Crippen LogP contribution in [0.15, 0.2) is 47.3 Å². The van der Waals surface area contributed by atoms with Crippen molar-refractivity contribution in [3.63, 3.8) is 0 Å². The Hall–Kier alpha value is -2.80. The van der Waals surface area contributed by atoms with Crippen molar-refractivity contribution in [1.82, 2.24) is 15.1 Å². The number of rotatable bonds is 5. The third-order valence-electron chi connectivity index (χ3n) is 2.88. The third-order valence-corrected chi connectivity index (χ3v) is 3.13. The van der Waals surface area contributed by atoms with Crippen molar-refractivity contribution in [1.29, 1.82) is 0 Å². The molecule has 120 valence electrons. The van der Waals surface area contributed by atoms with Gasteiger partial charge in [-0.05, 0) is 31.2 Å². The molecule has 0 bridgehead atoms. The second kappa shape index (κ2) is 6.97. The zero-order valence-electron chi connectivity index (χ0n) is 12.4. The van der Waals surface area contributed by atoms with Crippen LogP contribution in [0.5, 0.6) is 0 Å². The summed E-state index contributed by atoms with van der Waals surface area (Å²) in [6.45, 7) is 4.78. The van der Waals surface area contributed by atoms with Crippen molar-refractivity contribution in [3.05, 3.63) is 57.9 Å². The fourth-order valence-corrected chi connectivity index (χ4v) is 1.87. The van der Waals surface area contributed by atoms with Gasteiger partial charge in [-0.25, -0.2) is 4.68 Å². The fraction of sp³-hybridized carbons (Fsp3) is 0.133. The minimum absolute atomic E-state index is 0.222. The van der Waals surface area contributed by atoms with Crippen LogP contribution >= 0.6 is 11.6 Å². The number of aromatic nitrogens is 2. The molecule has 1 heterocycles. The number of carbonyl (C=O) groups excluding carboxylic acids is 2. The highest BCUT2D eigenvalue weighted by Crippen LogP contribution is 2.12. The average Bonchev–Trinajstić information content (AvgIpc) is 2.86. The lowest BCUT2D eigenvalue weighted by molar-refractivity contribution is -0.121. The molecule has 0 aliphatic rings. The number of halogens is 1. The molecule has 0 radical (unpaired) electrons. The molecular weight excluding hydrogens is 320 g/mol. The van der Waals surface area contributed by atoms with E-state index in [0.29, 0.717) is 16.3 Å². The maximum Gasteiger partial charge on any atom is 0.273 e. The van der Waals surface area contributed by atoms with E-state index in [4.69, 9.17) is 11.6 Å². The van der Waals surface area contributed by atoms with Gasteiger partial charge in [0.1, 0.15) is 5.82 Å². The molecule has 0 aliphatic carbocycles. The maximum absolute atomic E-state index is 11.9. The fourth-order valence-electron chi connectivity index (χ4n) is 1.75. The second-order valence-corrected chi connectivity index (χ2v) is 5.27. The number of hydrogen-bond acceptors (Lipinski definition) is 3. The van der Waals surface area contributed by atoms with Crippen LogP contribution in [0.1, 0.15) is 6.92 Å². The normalized spacial score (nSPS) is 10.2. The quantitative estimate of drug-likeness (QED) is 0.722. The molecule has 1 aromatic carbocycles. The monoisotopic (exact) mass is 334 g/mol. The Morgan fingerprint density at radius 1 is 1.30 bits per heavy atom. The topological polar surface area (TPSA) is 96.0 Å². The largest absolute Gasteiger partial charge is 0.343 e. The summed E-state index contributed by atoms with van der Waals surface area (Å²) in [5, 5.41) is 8.20. The number of amides is 2. The molecule has 8 heteroatoms. The van der Waals surface area contributed by atoms with Gasteiger partial charge in [0.2, 0.25) is 11.8 Å². The first-order chi connectivity index (χ1) is 10.9. The molecule has 0 fully saturated rings. The molecule has 2 amide bonds. The number of benzene rings is 1. The number of nitrogens with zero attached hydrogens (tertiary/aromatic N) is 1. The van der Waals surface area contributed by atoms with Gasteiger partial charge in [0.15, 0.2) is 0 Å². The van der Waals surface area contributed by atoms with E-state index in [2.05, 4.69) is 22.3 Å². The van der Waals surface area contributed by atoms with E-state index in [-0.39, 0.29) is 17.9 Å². The van der Waals surface area contributed by atoms with Crippen LogP contribution in [0, 0.1) is 0 Å². The zero-order chi connectivity index (χ0) is 17.0. The van der Waals surface area contributed by atoms with E-state index in [1.54, 1.807) is 24.3 Å². The molecule has 2 aromatic rings. The molecule has 3 N–H and O–H groups in total. The third kappa shape index (κ3) is 4.33. The Bertz CT molecular complexity index is 805. The van der Waals surface area contributed by atoms with Crippen molar-refractivity contribution in [2.45, 2.75) is 6.92 Å². The Morgan fingerprint density at radius 2 is 1.96 bits per heavy atom. The first-order valence-electron chi connectivity index (χ1n) is 6.68. The SMILES string of the molecule is C=C(C)C(=O)NCC(=O)Nc1cc(=O)n(-c2ccc(Cl)cc2)[nH]1. The summed E-state index contributed by atoms with van der Waals surface area (Å²) in [4.78, 5) is 35.0. The smallest absolute Gasteiger partial charge is 0.273 e. The molecule has 2 rings (SSSR count). The van der Waals surface area contributed by atoms with Gasteiger partial charge in [-0.3, -0.25) is 19.5 Å². The van der Waals surface area contributed by atoms with E-state index in [0.717, 1.165) is 0 Å². The number of hydrogen-bond donors (Lipinski definition) is 3. The lowest BCUT2D eigenvalue weighted by atomic mass is 10.3. The van der Waals surface area contributed by atoms with Gasteiger partial charge in [-0.2, -0.15) is 0 Å². The van der Waals surface area contributed by atoms with Crippen molar-refractivity contribution in [2.75, 3.05) is 11.9 Å². The lowest BCUT2D eigenvalue weighted by Gasteiger charge is -2.05. The number of anilines is 1. The van der Waals surface area contributed by atoms with Crippen molar-refractivity contribution in [3.8, 4) is 5.69 Å². The summed E-state index contributed by atoms with van der Waals surface area (Å²) in [5.41, 5.74) is 0.546. The van der Waals surface area contributed by atoms with E-state index in [1.807, 2.05) is 0 Å². The summed E-state index contributed by atoms with van der Waals surface area (Å²) in [6.07, 6.45) is 0. The standard InChI is InChI=1S/C15H15ClN4O3/c1-9(2)15(23)17-8-13(21)18-12-7-14(22)20(19-12)11-5-3-10(16)4-6-11/h3-7,19H,1,8H2,2H3,(H,17,23)(H,18,21). The van der Waals surface area contributed by atoms with Gasteiger partial charge in [0, 0.05) is 16.7 Å². The second-order valence-electron chi connectivity index (χ2n) is 4.83. The van der Waals surface area contributed by atoms with E-state index in [9.17, 15) is 14.4 Å². The summed E-state index contributed by atoms with van der Waals surface area (Å²) >= 11 is 5.80. The molecule has 0 saturated carbocycles. The van der Waals surface area contributed by atoms with Crippen molar-refractivity contribution < 1.29 is 9.59 Å². The highest BCUT2D eigenvalue weighted by molar-refractivity contribution is 6.30. The Balaban J connectivity index is 2.05. The zero-order valence-corrected chi connectivity index (χ0v) is 13.1. The first kappa shape index (κ1) is 16.6. The minimum Gasteiger partial charge on any atom is -0.343 e. The highest BCUT2D eigenvalue weighted by Gasteiger charge is 2.10. The minimum atomic E-state index is -0.468. The lowest BCUT2D eigenvalue weighted by Crippen LogP contribution is -2.33. The summed E-state index contributed by atoms with van der Waals surface area (Å²) in [5.74, 6) is -0.656. The predicted molar refractivity (Wildman–Crippen MR) is 87.9 cm³/mol. The molecule has 0 saturated heterocycles. The molecule has 0 spiro atoms. The number of carbonyl (C=O) groups is 2. The van der Waals surface area contributed by atoms with Gasteiger partial charge in [0.05, 0.1) is 12.2 Å². The first-order valence-corrected chi connectivity index (χ1v) is 7.06. The highest BCUT2D eigenvalue weighted by atomic mass is 35.5. The van der Waals surface area contributed by atoms with Gasteiger partial charge in [-0.1, -0.05) is 18.2 Å². The van der Waals surface area contributed by atoms with E-state index in [1.165, 1.54) is 17.7 Å². The van der Waals surface area contributed by atoms with Crippen LogP contribution in [-0.2, 0) is 9.59 Å².